The van der Waals surface area contributed by atoms with Crippen LogP contribution in [0.4, 0.5) is 11.4 Å². The number of aromatic nitrogens is 1. The SMILES string of the molecule is CCOc1cc2c(Nc3cc(OC)c(Cl)cc3Cl)c(C#N)cnc2cc1C#CCCO. The van der Waals surface area contributed by atoms with Crippen molar-refractivity contribution in [1.29, 1.82) is 5.26 Å². The standard InChI is InChI=1S/C23H19Cl2N3O3/c1-3-31-21-9-16-19(8-14(21)6-4-5-7-29)27-13-15(12-26)23(16)28-20-11-22(30-2)18(25)10-17(20)24/h8-11,13,29H,3,5,7H2,1-2H3,(H,27,28). The number of nitrogens with zero attached hydrogens (tertiary/aromatic N) is 2. The third-order valence-electron chi connectivity index (χ3n) is 4.35. The number of nitrogens with one attached hydrogen (secondary N) is 1. The molecular weight excluding hydrogens is 437 g/mol. The number of aliphatic hydroxyl groups is 1. The van der Waals surface area contributed by atoms with E-state index in [-0.39, 0.29) is 6.61 Å². The number of pyridine rings is 1. The monoisotopic (exact) mass is 455 g/mol. The molecule has 3 aromatic rings. The lowest BCUT2D eigenvalue weighted by Gasteiger charge is -2.16. The van der Waals surface area contributed by atoms with Gasteiger partial charge in [-0.15, -0.1) is 0 Å². The van der Waals surface area contributed by atoms with Gasteiger partial charge in [-0.2, -0.15) is 5.26 Å². The number of ether oxygens (including phenoxy) is 2. The van der Waals surface area contributed by atoms with Crippen LogP contribution in [0.1, 0.15) is 24.5 Å². The number of nitriles is 1. The first-order valence-corrected chi connectivity index (χ1v) is 10.2. The van der Waals surface area contributed by atoms with E-state index in [1.54, 1.807) is 24.3 Å². The van der Waals surface area contributed by atoms with Crippen molar-refractivity contribution in [3.05, 3.63) is 51.6 Å². The van der Waals surface area contributed by atoms with E-state index in [0.717, 1.165) is 0 Å². The minimum absolute atomic E-state index is 0.0201. The van der Waals surface area contributed by atoms with Crippen LogP contribution in [0, 0.1) is 23.2 Å². The highest BCUT2D eigenvalue weighted by Gasteiger charge is 2.16. The van der Waals surface area contributed by atoms with Crippen molar-refractivity contribution in [2.24, 2.45) is 0 Å². The van der Waals surface area contributed by atoms with Crippen LogP contribution in [0.3, 0.4) is 0 Å². The predicted molar refractivity (Wildman–Crippen MR) is 123 cm³/mol. The van der Waals surface area contributed by atoms with E-state index in [1.165, 1.54) is 13.3 Å². The van der Waals surface area contributed by atoms with Gasteiger partial charge in [-0.1, -0.05) is 35.0 Å². The fourth-order valence-corrected chi connectivity index (χ4v) is 3.45. The highest BCUT2D eigenvalue weighted by molar-refractivity contribution is 6.37. The summed E-state index contributed by atoms with van der Waals surface area (Å²) < 4.78 is 11.0. The van der Waals surface area contributed by atoms with Crippen LogP contribution in [0.5, 0.6) is 11.5 Å². The fraction of sp³-hybridized carbons (Fsp3) is 0.217. The third-order valence-corrected chi connectivity index (χ3v) is 4.96. The molecule has 0 aliphatic rings. The number of anilines is 2. The zero-order valence-electron chi connectivity index (χ0n) is 16.9. The number of aliphatic hydroxyl groups excluding tert-OH is 1. The van der Waals surface area contributed by atoms with Crippen LogP contribution in [0.2, 0.25) is 10.0 Å². The smallest absolute Gasteiger partial charge is 0.139 e. The lowest BCUT2D eigenvalue weighted by atomic mass is 10.1. The van der Waals surface area contributed by atoms with Crippen LogP contribution in [-0.4, -0.2) is 30.4 Å². The maximum absolute atomic E-state index is 9.65. The molecule has 0 aliphatic heterocycles. The Morgan fingerprint density at radius 1 is 1.13 bits per heavy atom. The van der Waals surface area contributed by atoms with Crippen molar-refractivity contribution >= 4 is 45.5 Å². The Kier molecular flexibility index (Phi) is 7.44. The van der Waals surface area contributed by atoms with Gasteiger partial charge in [0.2, 0.25) is 0 Å². The Labute approximate surface area is 190 Å². The van der Waals surface area contributed by atoms with Gasteiger partial charge in [-0.05, 0) is 25.1 Å². The summed E-state index contributed by atoms with van der Waals surface area (Å²) in [6.07, 6.45) is 1.84. The van der Waals surface area contributed by atoms with Gasteiger partial charge in [0.1, 0.15) is 17.6 Å². The molecule has 8 heteroatoms. The van der Waals surface area contributed by atoms with Crippen LogP contribution >= 0.6 is 23.2 Å². The van der Waals surface area contributed by atoms with Crippen molar-refractivity contribution < 1.29 is 14.6 Å². The van der Waals surface area contributed by atoms with E-state index in [0.29, 0.717) is 68.0 Å². The summed E-state index contributed by atoms with van der Waals surface area (Å²) in [7, 11) is 1.51. The highest BCUT2D eigenvalue weighted by Crippen LogP contribution is 2.39. The molecule has 0 aliphatic carbocycles. The molecule has 0 fully saturated rings. The summed E-state index contributed by atoms with van der Waals surface area (Å²) in [5.74, 6) is 6.91. The summed E-state index contributed by atoms with van der Waals surface area (Å²) in [5.41, 5.74) is 2.65. The number of benzene rings is 2. The minimum atomic E-state index is -0.0201. The maximum atomic E-state index is 9.65. The lowest BCUT2D eigenvalue weighted by Crippen LogP contribution is -2.00. The average Bonchev–Trinajstić information content (AvgIpc) is 2.76. The summed E-state index contributed by atoms with van der Waals surface area (Å²) >= 11 is 12.5. The molecule has 2 N–H and O–H groups in total. The Morgan fingerprint density at radius 3 is 2.61 bits per heavy atom. The third kappa shape index (κ3) is 4.95. The Hall–Kier alpha value is -3.16. The summed E-state index contributed by atoms with van der Waals surface area (Å²) in [6, 6.07) is 8.97. The maximum Gasteiger partial charge on any atom is 0.139 e. The van der Waals surface area contributed by atoms with Crippen LogP contribution < -0.4 is 14.8 Å². The fourth-order valence-electron chi connectivity index (χ4n) is 2.94. The van der Waals surface area contributed by atoms with Gasteiger partial charge in [-0.3, -0.25) is 4.98 Å². The van der Waals surface area contributed by atoms with Crippen molar-refractivity contribution in [1.82, 2.24) is 4.98 Å². The zero-order chi connectivity index (χ0) is 22.4. The van der Waals surface area contributed by atoms with Gasteiger partial charge >= 0.3 is 0 Å². The molecule has 0 bridgehead atoms. The molecule has 0 atom stereocenters. The molecule has 0 amide bonds. The van der Waals surface area contributed by atoms with Crippen LogP contribution in [0.15, 0.2) is 30.5 Å². The summed E-state index contributed by atoms with van der Waals surface area (Å²) in [4.78, 5) is 4.40. The van der Waals surface area contributed by atoms with Crippen molar-refractivity contribution in [2.45, 2.75) is 13.3 Å². The van der Waals surface area contributed by atoms with E-state index in [9.17, 15) is 5.26 Å². The first-order chi connectivity index (χ1) is 15.0. The topological polar surface area (TPSA) is 87.4 Å². The van der Waals surface area contributed by atoms with Crippen molar-refractivity contribution in [2.75, 3.05) is 25.6 Å². The Balaban J connectivity index is 2.20. The average molecular weight is 456 g/mol. The lowest BCUT2D eigenvalue weighted by molar-refractivity contribution is 0.305. The van der Waals surface area contributed by atoms with Gasteiger partial charge in [0.15, 0.2) is 0 Å². The molecule has 6 nitrogen and oxygen atoms in total. The van der Waals surface area contributed by atoms with E-state index in [2.05, 4.69) is 28.2 Å². The summed E-state index contributed by atoms with van der Waals surface area (Å²) in [5, 5.41) is 23.3. The van der Waals surface area contributed by atoms with Crippen LogP contribution in [-0.2, 0) is 0 Å². The first-order valence-electron chi connectivity index (χ1n) is 9.41. The largest absolute Gasteiger partial charge is 0.495 e. The van der Waals surface area contributed by atoms with E-state index >= 15 is 0 Å². The van der Waals surface area contributed by atoms with Gasteiger partial charge in [0, 0.05) is 24.1 Å². The second kappa shape index (κ2) is 10.2. The van der Waals surface area contributed by atoms with E-state index in [4.69, 9.17) is 37.8 Å². The number of fused-ring (bicyclic) bond motifs is 1. The van der Waals surface area contributed by atoms with Crippen molar-refractivity contribution in [3.8, 4) is 29.4 Å². The van der Waals surface area contributed by atoms with E-state index < -0.39 is 0 Å². The number of hydrogen-bond donors (Lipinski definition) is 2. The van der Waals surface area contributed by atoms with Gasteiger partial charge in [0.25, 0.3) is 0 Å². The number of halogens is 2. The summed E-state index contributed by atoms with van der Waals surface area (Å²) in [6.45, 7) is 2.29. The molecule has 3 rings (SSSR count). The Bertz CT molecular complexity index is 1230. The molecule has 2 aromatic carbocycles. The number of rotatable bonds is 6. The van der Waals surface area contributed by atoms with Gasteiger partial charge in [-0.25, -0.2) is 0 Å². The molecule has 0 unspecified atom stereocenters. The predicted octanol–water partition coefficient (Wildman–Crippen LogP) is 5.30. The minimum Gasteiger partial charge on any atom is -0.495 e. The van der Waals surface area contributed by atoms with E-state index in [1.807, 2.05) is 6.92 Å². The number of hydrogen-bond acceptors (Lipinski definition) is 6. The zero-order valence-corrected chi connectivity index (χ0v) is 18.4. The normalized spacial score (nSPS) is 10.2. The Morgan fingerprint density at radius 2 is 1.94 bits per heavy atom. The molecular formula is C23H19Cl2N3O3. The first kappa shape index (κ1) is 22.5. The molecule has 0 radical (unpaired) electrons. The molecule has 31 heavy (non-hydrogen) atoms. The van der Waals surface area contributed by atoms with Crippen molar-refractivity contribution in [3.63, 3.8) is 0 Å². The molecule has 0 saturated carbocycles. The quantitative estimate of drug-likeness (QED) is 0.490. The van der Waals surface area contributed by atoms with Crippen LogP contribution in [0.25, 0.3) is 10.9 Å². The second-order valence-corrected chi connectivity index (χ2v) is 7.14. The highest BCUT2D eigenvalue weighted by atomic mass is 35.5. The number of methoxy groups -OCH3 is 1. The molecule has 0 spiro atoms. The van der Waals surface area contributed by atoms with Gasteiger partial charge in [0.05, 0.1) is 58.4 Å². The second-order valence-electron chi connectivity index (χ2n) is 6.32. The molecule has 0 saturated heterocycles. The molecule has 1 heterocycles. The van der Waals surface area contributed by atoms with Gasteiger partial charge < -0.3 is 19.9 Å². The molecule has 158 valence electrons. The molecule has 1 aromatic heterocycles.